The first-order valence-electron chi connectivity index (χ1n) is 14.4. The van der Waals surface area contributed by atoms with Gasteiger partial charge in [-0.05, 0) is 23.3 Å². The molecule has 4 aromatic carbocycles. The number of hydrogen-bond donors (Lipinski definition) is 0. The first-order valence-corrected chi connectivity index (χ1v) is 14.4. The van der Waals surface area contributed by atoms with E-state index in [0.29, 0.717) is 11.1 Å². The molecular weight excluding hydrogens is 546 g/mol. The summed E-state index contributed by atoms with van der Waals surface area (Å²) in [5.41, 5.74) is 3.40. The monoisotopic (exact) mass is 577 g/mol. The smallest absolute Gasteiger partial charge is 0.262 e. The Morgan fingerprint density at radius 3 is 1.79 bits per heavy atom. The van der Waals surface area contributed by atoms with Gasteiger partial charge in [-0.25, -0.2) is 0 Å². The summed E-state index contributed by atoms with van der Waals surface area (Å²) in [6.45, 7) is 0.664. The third-order valence-corrected chi connectivity index (χ3v) is 8.04. The molecule has 3 heterocycles. The highest BCUT2D eigenvalue weighted by Gasteiger charge is 2.57. The number of nitrogens with zero attached hydrogens (tertiary/aromatic N) is 1. The van der Waals surface area contributed by atoms with Gasteiger partial charge < -0.3 is 23.7 Å². The molecule has 3 aliphatic rings. The SMILES string of the molecule is O=C1c2ccccc2C(=O)N1C1C(OCc2ccccc2)[C@@H]2OC(c3ccccc3)OCC2O[C@H]1OCc1ccccc1. The maximum atomic E-state index is 13.9. The Labute approximate surface area is 249 Å². The Morgan fingerprint density at radius 1 is 0.651 bits per heavy atom. The molecule has 218 valence electrons. The summed E-state index contributed by atoms with van der Waals surface area (Å²) in [7, 11) is 0. The molecule has 0 radical (unpaired) electrons. The van der Waals surface area contributed by atoms with Crippen molar-refractivity contribution in [3.8, 4) is 0 Å². The van der Waals surface area contributed by atoms with Gasteiger partial charge in [0.15, 0.2) is 12.6 Å². The maximum absolute atomic E-state index is 13.9. The zero-order valence-electron chi connectivity index (χ0n) is 23.4. The summed E-state index contributed by atoms with van der Waals surface area (Å²) >= 11 is 0. The minimum Gasteiger partial charge on any atom is -0.368 e. The molecule has 8 heteroatoms. The van der Waals surface area contributed by atoms with E-state index in [-0.39, 0.29) is 19.8 Å². The fourth-order valence-electron chi connectivity index (χ4n) is 5.94. The molecule has 2 amide bonds. The van der Waals surface area contributed by atoms with E-state index < -0.39 is 48.7 Å². The molecule has 4 unspecified atom stereocenters. The second kappa shape index (κ2) is 12.2. The van der Waals surface area contributed by atoms with Crippen molar-refractivity contribution in [3.05, 3.63) is 143 Å². The molecule has 3 aliphatic heterocycles. The maximum Gasteiger partial charge on any atom is 0.262 e. The van der Waals surface area contributed by atoms with E-state index in [9.17, 15) is 9.59 Å². The van der Waals surface area contributed by atoms with Crippen LogP contribution in [0.4, 0.5) is 0 Å². The van der Waals surface area contributed by atoms with Crippen LogP contribution in [-0.4, -0.2) is 54.0 Å². The number of carbonyl (C=O) groups is 2. The minimum atomic E-state index is -0.995. The van der Waals surface area contributed by atoms with Crippen molar-refractivity contribution in [2.24, 2.45) is 0 Å². The Morgan fingerprint density at radius 2 is 1.19 bits per heavy atom. The molecule has 7 rings (SSSR count). The lowest BCUT2D eigenvalue weighted by Crippen LogP contribution is -2.68. The molecule has 2 fully saturated rings. The summed E-state index contributed by atoms with van der Waals surface area (Å²) in [6.07, 6.45) is -3.66. The van der Waals surface area contributed by atoms with Crippen molar-refractivity contribution < 1.29 is 33.3 Å². The van der Waals surface area contributed by atoms with Crippen LogP contribution in [0.5, 0.6) is 0 Å². The van der Waals surface area contributed by atoms with Gasteiger partial charge in [0.25, 0.3) is 11.8 Å². The number of hydrogen-bond acceptors (Lipinski definition) is 7. The predicted octanol–water partition coefficient (Wildman–Crippen LogP) is 5.29. The highest BCUT2D eigenvalue weighted by molar-refractivity contribution is 6.21. The number of imide groups is 1. The molecule has 43 heavy (non-hydrogen) atoms. The van der Waals surface area contributed by atoms with Crippen LogP contribution in [0.15, 0.2) is 115 Å². The molecule has 6 atom stereocenters. The number of carbonyl (C=O) groups excluding carboxylic acids is 2. The predicted molar refractivity (Wildman–Crippen MR) is 156 cm³/mol. The van der Waals surface area contributed by atoms with Gasteiger partial charge in [0.05, 0.1) is 30.9 Å². The zero-order valence-corrected chi connectivity index (χ0v) is 23.4. The van der Waals surface area contributed by atoms with Crippen LogP contribution in [0.3, 0.4) is 0 Å². The number of ether oxygens (including phenoxy) is 5. The molecule has 0 bridgehead atoms. The molecule has 0 N–H and O–H groups in total. The van der Waals surface area contributed by atoms with E-state index in [4.69, 9.17) is 23.7 Å². The Hall–Kier alpha value is -4.18. The number of rotatable bonds is 8. The number of amides is 2. The van der Waals surface area contributed by atoms with Gasteiger partial charge in [-0.2, -0.15) is 0 Å². The molecular formula is C35H31NO7. The van der Waals surface area contributed by atoms with E-state index >= 15 is 0 Å². The highest BCUT2D eigenvalue weighted by atomic mass is 16.7. The van der Waals surface area contributed by atoms with Gasteiger partial charge in [0.1, 0.15) is 24.4 Å². The lowest BCUT2D eigenvalue weighted by Gasteiger charge is -2.50. The van der Waals surface area contributed by atoms with Crippen molar-refractivity contribution >= 4 is 11.8 Å². The Kier molecular flexibility index (Phi) is 7.84. The molecule has 0 aliphatic carbocycles. The normalized spacial score (nSPS) is 26.7. The molecule has 0 saturated carbocycles. The molecule has 8 nitrogen and oxygen atoms in total. The fraction of sp³-hybridized carbons (Fsp3) is 0.257. The second-order valence-electron chi connectivity index (χ2n) is 10.8. The summed E-state index contributed by atoms with van der Waals surface area (Å²) in [5, 5.41) is 0. The summed E-state index contributed by atoms with van der Waals surface area (Å²) < 4.78 is 32.2. The average Bonchev–Trinajstić information content (AvgIpc) is 3.32. The Bertz CT molecular complexity index is 1530. The largest absolute Gasteiger partial charge is 0.368 e. The summed E-state index contributed by atoms with van der Waals surface area (Å²) in [4.78, 5) is 29.0. The van der Waals surface area contributed by atoms with Crippen molar-refractivity contribution in [2.75, 3.05) is 6.61 Å². The quantitative estimate of drug-likeness (QED) is 0.263. The van der Waals surface area contributed by atoms with E-state index in [2.05, 4.69) is 0 Å². The van der Waals surface area contributed by atoms with E-state index in [1.54, 1.807) is 24.3 Å². The van der Waals surface area contributed by atoms with E-state index in [0.717, 1.165) is 16.7 Å². The minimum absolute atomic E-state index is 0.211. The highest BCUT2D eigenvalue weighted by Crippen LogP contribution is 2.40. The standard InChI is InChI=1S/C35H31NO7/c37-32-26-18-10-11-19-27(26)33(38)36(32)29-31(39-20-23-12-4-1-5-13-23)30-28(22-41-34(43-30)25-16-8-3-9-17-25)42-35(29)40-21-24-14-6-2-7-15-24/h1-19,28-31,34-35H,20-22H2/t28?,29?,30-,31?,34?,35-/m1/s1. The van der Waals surface area contributed by atoms with Gasteiger partial charge in [0.2, 0.25) is 0 Å². The van der Waals surface area contributed by atoms with Crippen molar-refractivity contribution in [1.29, 1.82) is 0 Å². The van der Waals surface area contributed by atoms with Gasteiger partial charge in [-0.3, -0.25) is 14.5 Å². The summed E-state index contributed by atoms with van der Waals surface area (Å²) in [5.74, 6) is -0.832. The molecule has 2 saturated heterocycles. The van der Waals surface area contributed by atoms with Crippen LogP contribution in [0, 0.1) is 0 Å². The third kappa shape index (κ3) is 5.51. The molecule has 0 spiro atoms. The summed E-state index contributed by atoms with van der Waals surface area (Å²) in [6, 6.07) is 35.0. The Balaban J connectivity index is 1.26. The van der Waals surface area contributed by atoms with E-state index in [1.807, 2.05) is 91.0 Å². The van der Waals surface area contributed by atoms with E-state index in [1.165, 1.54) is 4.90 Å². The van der Waals surface area contributed by atoms with Crippen LogP contribution in [0.1, 0.15) is 43.7 Å². The van der Waals surface area contributed by atoms with Crippen molar-refractivity contribution in [2.45, 2.75) is 50.1 Å². The lowest BCUT2D eigenvalue weighted by molar-refractivity contribution is -0.355. The lowest BCUT2D eigenvalue weighted by atomic mass is 9.94. The van der Waals surface area contributed by atoms with Crippen LogP contribution >= 0.6 is 0 Å². The van der Waals surface area contributed by atoms with Gasteiger partial charge in [0, 0.05) is 5.56 Å². The number of benzene rings is 4. The first kappa shape index (κ1) is 27.6. The van der Waals surface area contributed by atoms with Crippen LogP contribution in [0.25, 0.3) is 0 Å². The third-order valence-electron chi connectivity index (χ3n) is 8.04. The molecule has 0 aromatic heterocycles. The average molecular weight is 578 g/mol. The topological polar surface area (TPSA) is 83.5 Å². The van der Waals surface area contributed by atoms with Gasteiger partial charge in [-0.1, -0.05) is 103 Å². The van der Waals surface area contributed by atoms with Gasteiger partial charge in [-0.15, -0.1) is 0 Å². The first-order chi connectivity index (χ1) is 21.2. The fourth-order valence-corrected chi connectivity index (χ4v) is 5.94. The van der Waals surface area contributed by atoms with Crippen LogP contribution < -0.4 is 0 Å². The second-order valence-corrected chi connectivity index (χ2v) is 10.8. The van der Waals surface area contributed by atoms with Crippen molar-refractivity contribution in [1.82, 2.24) is 4.90 Å². The van der Waals surface area contributed by atoms with Crippen LogP contribution in [-0.2, 0) is 36.9 Å². The van der Waals surface area contributed by atoms with Crippen molar-refractivity contribution in [3.63, 3.8) is 0 Å². The number of fused-ring (bicyclic) bond motifs is 2. The van der Waals surface area contributed by atoms with Gasteiger partial charge >= 0.3 is 0 Å². The zero-order chi connectivity index (χ0) is 29.2. The van der Waals surface area contributed by atoms with Crippen LogP contribution in [0.2, 0.25) is 0 Å². The molecule has 4 aromatic rings.